The summed E-state index contributed by atoms with van der Waals surface area (Å²) in [5, 5.41) is 7.63. The fourth-order valence-corrected chi connectivity index (χ4v) is 3.36. The summed E-state index contributed by atoms with van der Waals surface area (Å²) in [6.45, 7) is 0.782. The number of amides is 1. The molecule has 4 heteroatoms. The van der Waals surface area contributed by atoms with E-state index in [1.165, 1.54) is 5.56 Å². The molecule has 0 spiro atoms. The van der Waals surface area contributed by atoms with E-state index >= 15 is 0 Å². The fourth-order valence-electron chi connectivity index (χ4n) is 2.53. The van der Waals surface area contributed by atoms with Gasteiger partial charge in [0.05, 0.1) is 17.1 Å². The van der Waals surface area contributed by atoms with Crippen molar-refractivity contribution in [3.8, 4) is 0 Å². The van der Waals surface area contributed by atoms with E-state index in [-0.39, 0.29) is 11.8 Å². The van der Waals surface area contributed by atoms with E-state index in [0.29, 0.717) is 0 Å². The molecule has 1 aliphatic heterocycles. The summed E-state index contributed by atoms with van der Waals surface area (Å²) in [6, 6.07) is 8.06. The molecular weight excluding hydrogens is 256 g/mol. The summed E-state index contributed by atoms with van der Waals surface area (Å²) >= 11 is 1.66. The molecule has 1 N–H and O–H groups in total. The third kappa shape index (κ3) is 1.75. The minimum absolute atomic E-state index is 0.221. The Bertz CT molecular complexity index is 645. The number of benzene rings is 1. The molecule has 96 valence electrons. The number of para-hydroxylation sites is 2. The maximum Gasteiger partial charge on any atom is 0.234 e. The molecule has 1 aromatic heterocycles. The first kappa shape index (κ1) is 11.1. The average molecular weight is 270 g/mol. The summed E-state index contributed by atoms with van der Waals surface area (Å²) in [7, 11) is 0. The summed E-state index contributed by atoms with van der Waals surface area (Å²) in [5.41, 5.74) is 4.28. The number of nitrogens with zero attached hydrogens (tertiary/aromatic N) is 1. The van der Waals surface area contributed by atoms with Crippen LogP contribution in [0.4, 0.5) is 17.1 Å². The molecule has 1 amide bonds. The standard InChI is InChI=1S/C15H14N2OS/c18-15(10-5-6-10)17-13-4-2-1-3-12(13)16-7-11-8-19-9-14(11)17/h1-4,8-10,16H,5-7H2. The van der Waals surface area contributed by atoms with Crippen molar-refractivity contribution < 1.29 is 4.79 Å². The van der Waals surface area contributed by atoms with Gasteiger partial charge in [0.15, 0.2) is 0 Å². The second-order valence-corrected chi connectivity index (χ2v) is 5.84. The third-order valence-electron chi connectivity index (χ3n) is 3.72. The Hall–Kier alpha value is -1.81. The van der Waals surface area contributed by atoms with E-state index in [1.54, 1.807) is 11.3 Å². The lowest BCUT2D eigenvalue weighted by atomic mass is 10.2. The molecule has 1 aromatic carbocycles. The van der Waals surface area contributed by atoms with Gasteiger partial charge in [0.1, 0.15) is 0 Å². The molecule has 2 aliphatic rings. The molecule has 0 bridgehead atoms. The van der Waals surface area contributed by atoms with Gasteiger partial charge < -0.3 is 5.32 Å². The second kappa shape index (κ2) is 4.10. The number of hydrogen-bond donors (Lipinski definition) is 1. The lowest BCUT2D eigenvalue weighted by Gasteiger charge is -2.22. The van der Waals surface area contributed by atoms with E-state index < -0.39 is 0 Å². The van der Waals surface area contributed by atoms with E-state index in [2.05, 4.69) is 16.1 Å². The van der Waals surface area contributed by atoms with E-state index in [1.807, 2.05) is 29.2 Å². The van der Waals surface area contributed by atoms with Gasteiger partial charge in [0.25, 0.3) is 0 Å². The average Bonchev–Trinajstić information content (AvgIpc) is 3.21. The Kier molecular flexibility index (Phi) is 2.38. The first-order chi connectivity index (χ1) is 9.34. The normalized spacial score (nSPS) is 17.2. The Morgan fingerprint density at radius 2 is 2.05 bits per heavy atom. The SMILES string of the molecule is O=C(C1CC1)N1c2cscc2CNc2ccccc21. The Balaban J connectivity index is 1.89. The van der Waals surface area contributed by atoms with Gasteiger partial charge in [0.2, 0.25) is 5.91 Å². The molecule has 2 heterocycles. The topological polar surface area (TPSA) is 32.3 Å². The van der Waals surface area contributed by atoms with Crippen molar-refractivity contribution in [1.29, 1.82) is 0 Å². The largest absolute Gasteiger partial charge is 0.379 e. The maximum atomic E-state index is 12.6. The maximum absolute atomic E-state index is 12.6. The lowest BCUT2D eigenvalue weighted by Crippen LogP contribution is -2.27. The minimum atomic E-state index is 0.221. The van der Waals surface area contributed by atoms with Crippen molar-refractivity contribution in [2.24, 2.45) is 5.92 Å². The van der Waals surface area contributed by atoms with Gasteiger partial charge in [-0.05, 0) is 30.4 Å². The summed E-state index contributed by atoms with van der Waals surface area (Å²) < 4.78 is 0. The van der Waals surface area contributed by atoms with Crippen molar-refractivity contribution in [2.45, 2.75) is 19.4 Å². The van der Waals surface area contributed by atoms with Gasteiger partial charge in [0, 0.05) is 23.4 Å². The zero-order valence-corrected chi connectivity index (χ0v) is 11.2. The van der Waals surface area contributed by atoms with Crippen LogP contribution >= 0.6 is 11.3 Å². The van der Waals surface area contributed by atoms with E-state index in [4.69, 9.17) is 0 Å². The van der Waals surface area contributed by atoms with Crippen molar-refractivity contribution in [1.82, 2.24) is 0 Å². The van der Waals surface area contributed by atoms with Gasteiger partial charge in [-0.3, -0.25) is 9.69 Å². The number of carbonyl (C=O) groups excluding carboxylic acids is 1. The number of nitrogens with one attached hydrogen (secondary N) is 1. The summed E-state index contributed by atoms with van der Waals surface area (Å²) in [6.07, 6.45) is 2.06. The number of anilines is 3. The predicted molar refractivity (Wildman–Crippen MR) is 78.0 cm³/mol. The zero-order chi connectivity index (χ0) is 12.8. The van der Waals surface area contributed by atoms with Crippen LogP contribution in [0.25, 0.3) is 0 Å². The quantitative estimate of drug-likeness (QED) is 0.856. The Labute approximate surface area is 115 Å². The first-order valence-corrected chi connectivity index (χ1v) is 7.51. The molecule has 0 unspecified atom stereocenters. The van der Waals surface area contributed by atoms with Crippen LogP contribution in [0.5, 0.6) is 0 Å². The van der Waals surface area contributed by atoms with Crippen LogP contribution in [0.3, 0.4) is 0 Å². The van der Waals surface area contributed by atoms with Crippen LogP contribution in [-0.2, 0) is 11.3 Å². The number of carbonyl (C=O) groups is 1. The second-order valence-electron chi connectivity index (χ2n) is 5.10. The molecule has 1 fully saturated rings. The molecule has 0 atom stereocenters. The third-order valence-corrected chi connectivity index (χ3v) is 4.50. The van der Waals surface area contributed by atoms with Crippen LogP contribution in [-0.4, -0.2) is 5.91 Å². The minimum Gasteiger partial charge on any atom is -0.379 e. The molecule has 1 aliphatic carbocycles. The monoisotopic (exact) mass is 270 g/mol. The van der Waals surface area contributed by atoms with E-state index in [0.717, 1.165) is 36.4 Å². The van der Waals surface area contributed by atoms with Crippen LogP contribution in [0.15, 0.2) is 35.0 Å². The molecule has 0 radical (unpaired) electrons. The number of fused-ring (bicyclic) bond motifs is 2. The number of hydrogen-bond acceptors (Lipinski definition) is 3. The van der Waals surface area contributed by atoms with Crippen LogP contribution in [0.2, 0.25) is 0 Å². The Morgan fingerprint density at radius 1 is 1.21 bits per heavy atom. The molecule has 0 saturated heterocycles. The van der Waals surface area contributed by atoms with Crippen molar-refractivity contribution in [3.05, 3.63) is 40.6 Å². The van der Waals surface area contributed by atoms with Crippen LogP contribution in [0, 0.1) is 5.92 Å². The van der Waals surface area contributed by atoms with E-state index in [9.17, 15) is 4.79 Å². The number of thiophene rings is 1. The van der Waals surface area contributed by atoms with Gasteiger partial charge in [-0.25, -0.2) is 0 Å². The van der Waals surface area contributed by atoms with Crippen LogP contribution < -0.4 is 10.2 Å². The molecule has 19 heavy (non-hydrogen) atoms. The van der Waals surface area contributed by atoms with Gasteiger partial charge in [-0.15, -0.1) is 11.3 Å². The fraction of sp³-hybridized carbons (Fsp3) is 0.267. The van der Waals surface area contributed by atoms with Crippen molar-refractivity contribution >= 4 is 34.3 Å². The number of rotatable bonds is 1. The molecular formula is C15H14N2OS. The highest BCUT2D eigenvalue weighted by molar-refractivity contribution is 7.08. The molecule has 2 aromatic rings. The predicted octanol–water partition coefficient (Wildman–Crippen LogP) is 3.75. The summed E-state index contributed by atoms with van der Waals surface area (Å²) in [4.78, 5) is 14.6. The van der Waals surface area contributed by atoms with Gasteiger partial charge in [-0.2, -0.15) is 0 Å². The molecule has 3 nitrogen and oxygen atoms in total. The van der Waals surface area contributed by atoms with Crippen LogP contribution in [0.1, 0.15) is 18.4 Å². The van der Waals surface area contributed by atoms with Gasteiger partial charge in [-0.1, -0.05) is 12.1 Å². The molecule has 1 saturated carbocycles. The highest BCUT2D eigenvalue weighted by atomic mass is 32.1. The summed E-state index contributed by atoms with van der Waals surface area (Å²) in [5.74, 6) is 0.467. The highest BCUT2D eigenvalue weighted by Gasteiger charge is 2.37. The molecule has 4 rings (SSSR count). The van der Waals surface area contributed by atoms with Crippen molar-refractivity contribution in [2.75, 3.05) is 10.2 Å². The smallest absolute Gasteiger partial charge is 0.234 e. The first-order valence-electron chi connectivity index (χ1n) is 6.56. The van der Waals surface area contributed by atoms with Gasteiger partial charge >= 0.3 is 0 Å². The zero-order valence-electron chi connectivity index (χ0n) is 10.4. The highest BCUT2D eigenvalue weighted by Crippen LogP contribution is 2.43. The Morgan fingerprint density at radius 3 is 2.89 bits per heavy atom. The van der Waals surface area contributed by atoms with Crippen molar-refractivity contribution in [3.63, 3.8) is 0 Å². The lowest BCUT2D eigenvalue weighted by molar-refractivity contribution is -0.119.